The van der Waals surface area contributed by atoms with Crippen molar-refractivity contribution in [3.63, 3.8) is 0 Å². The van der Waals surface area contributed by atoms with E-state index in [9.17, 15) is 13.6 Å². The summed E-state index contributed by atoms with van der Waals surface area (Å²) in [6.45, 7) is 4.16. The first-order chi connectivity index (χ1) is 4.42. The Hall–Kier alpha value is -0.190. The summed E-state index contributed by atoms with van der Waals surface area (Å²) < 4.78 is 24.5. The average molecular weight is 258 g/mol. The quantitative estimate of drug-likeness (QED) is 0.615. The number of carboxylic acid groups (broad SMARTS) is 1. The summed E-state index contributed by atoms with van der Waals surface area (Å²) in [5.41, 5.74) is 0. The van der Waals surface area contributed by atoms with Gasteiger partial charge in [-0.15, -0.1) is 6.58 Å². The third-order valence-corrected chi connectivity index (χ3v) is 1.21. The van der Waals surface area contributed by atoms with Crippen LogP contribution < -0.4 is 0 Å². The molecular weight excluding hydrogens is 250 g/mol. The molecule has 11 heavy (non-hydrogen) atoms. The van der Waals surface area contributed by atoms with Crippen molar-refractivity contribution in [1.29, 1.82) is 0 Å². The minimum Gasteiger partial charge on any atom is -0.477 e. The van der Waals surface area contributed by atoms with Gasteiger partial charge in [-0.05, 0) is 0 Å². The Morgan fingerprint density at radius 3 is 2.18 bits per heavy atom. The topological polar surface area (TPSA) is 37.3 Å². The summed E-state index contributed by atoms with van der Waals surface area (Å²) >= 11 is 0. The summed E-state index contributed by atoms with van der Waals surface area (Å²) in [7, 11) is 0. The smallest absolute Gasteiger partial charge is 0.375 e. The third kappa shape index (κ3) is 3.14. The molecule has 0 saturated heterocycles. The fourth-order valence-electron chi connectivity index (χ4n) is 0.343. The van der Waals surface area contributed by atoms with Crippen molar-refractivity contribution in [3.05, 3.63) is 12.7 Å². The molecule has 0 saturated carbocycles. The van der Waals surface area contributed by atoms with Crippen molar-refractivity contribution in [2.24, 2.45) is 5.92 Å². The molecule has 0 aromatic rings. The predicted octanol–water partition coefficient (Wildman–Crippen LogP) is 1.53. The van der Waals surface area contributed by atoms with E-state index in [1.807, 2.05) is 0 Å². The van der Waals surface area contributed by atoms with Crippen LogP contribution >= 0.6 is 0 Å². The maximum absolute atomic E-state index is 12.3. The molecule has 1 radical (unpaired) electrons. The van der Waals surface area contributed by atoms with E-state index < -0.39 is 17.8 Å². The number of carbonyl (C=O) groups is 1. The van der Waals surface area contributed by atoms with Crippen LogP contribution in [0.15, 0.2) is 12.7 Å². The first kappa shape index (κ1) is 13.4. The molecule has 1 unspecified atom stereocenters. The number of hydrogen-bond acceptors (Lipinski definition) is 1. The van der Waals surface area contributed by atoms with Gasteiger partial charge in [-0.25, -0.2) is 4.79 Å². The molecule has 0 aliphatic carbocycles. The van der Waals surface area contributed by atoms with Crippen LogP contribution in [0.25, 0.3) is 0 Å². The molecule has 0 rings (SSSR count). The molecule has 69 valence electrons. The van der Waals surface area contributed by atoms with Crippen molar-refractivity contribution in [2.75, 3.05) is 0 Å². The van der Waals surface area contributed by atoms with Crippen molar-refractivity contribution in [2.45, 2.75) is 12.8 Å². The maximum atomic E-state index is 12.3. The molecule has 0 fully saturated rings. The van der Waals surface area contributed by atoms with E-state index in [0.29, 0.717) is 0 Å². The largest absolute Gasteiger partial charge is 0.477 e. The zero-order valence-electron chi connectivity index (χ0n) is 5.77. The van der Waals surface area contributed by atoms with Gasteiger partial charge in [0.05, 0.1) is 0 Å². The molecule has 2 nitrogen and oxygen atoms in total. The summed E-state index contributed by atoms with van der Waals surface area (Å²) in [5.74, 6) is -7.13. The van der Waals surface area contributed by atoms with Gasteiger partial charge in [0.2, 0.25) is 0 Å². The van der Waals surface area contributed by atoms with E-state index in [4.69, 9.17) is 5.11 Å². The van der Waals surface area contributed by atoms with E-state index in [2.05, 4.69) is 6.58 Å². The van der Waals surface area contributed by atoms with Crippen LogP contribution in [0, 0.1) is 5.92 Å². The number of rotatable bonds is 3. The summed E-state index contributed by atoms with van der Waals surface area (Å²) in [5, 5.41) is 7.94. The van der Waals surface area contributed by atoms with Gasteiger partial charge >= 0.3 is 11.9 Å². The number of allylic oxidation sites excluding steroid dienone is 1. The maximum Gasteiger partial charge on any atom is 0.375 e. The summed E-state index contributed by atoms with van der Waals surface area (Å²) in [6.07, 6.45) is 0.911. The number of carboxylic acids is 1. The molecule has 0 amide bonds. The second kappa shape index (κ2) is 4.64. The van der Waals surface area contributed by atoms with E-state index in [1.54, 1.807) is 0 Å². The third-order valence-electron chi connectivity index (χ3n) is 1.21. The number of hydrogen-bond donors (Lipinski definition) is 1. The summed E-state index contributed by atoms with van der Waals surface area (Å²) in [6, 6.07) is 0. The molecule has 0 aromatic carbocycles. The Morgan fingerprint density at radius 1 is 1.73 bits per heavy atom. The van der Waals surface area contributed by atoms with E-state index in [0.717, 1.165) is 13.0 Å². The van der Waals surface area contributed by atoms with Gasteiger partial charge in [-0.3, -0.25) is 0 Å². The second-order valence-corrected chi connectivity index (χ2v) is 1.95. The zero-order valence-corrected chi connectivity index (χ0v) is 7.26. The van der Waals surface area contributed by atoms with Crippen LogP contribution in [0.5, 0.6) is 0 Å². The Labute approximate surface area is 78.8 Å². The normalized spacial score (nSPS) is 13.0. The van der Waals surface area contributed by atoms with Gasteiger partial charge in [0.25, 0.3) is 0 Å². The van der Waals surface area contributed by atoms with Gasteiger partial charge in [-0.1, -0.05) is 13.0 Å². The fraction of sp³-hybridized carbons (Fsp3) is 0.500. The summed E-state index contributed by atoms with van der Waals surface area (Å²) in [4.78, 5) is 9.82. The van der Waals surface area contributed by atoms with Crippen LogP contribution in [-0.4, -0.2) is 17.0 Å². The van der Waals surface area contributed by atoms with Crippen molar-refractivity contribution in [1.82, 2.24) is 0 Å². The van der Waals surface area contributed by atoms with Crippen molar-refractivity contribution >= 4 is 5.97 Å². The van der Waals surface area contributed by atoms with E-state index in [1.165, 1.54) is 0 Å². The van der Waals surface area contributed by atoms with Gasteiger partial charge < -0.3 is 5.11 Å². The first-order valence-corrected chi connectivity index (χ1v) is 2.66. The molecule has 0 aromatic heterocycles. The first-order valence-electron chi connectivity index (χ1n) is 2.66. The molecular formula is C6H8AgF2O2. The molecule has 5 heteroatoms. The second-order valence-electron chi connectivity index (χ2n) is 1.95. The van der Waals surface area contributed by atoms with Crippen molar-refractivity contribution < 1.29 is 41.1 Å². The Balaban J connectivity index is 0. The van der Waals surface area contributed by atoms with Crippen LogP contribution in [0.2, 0.25) is 0 Å². The van der Waals surface area contributed by atoms with Crippen LogP contribution in [0.3, 0.4) is 0 Å². The molecule has 0 heterocycles. The zero-order chi connectivity index (χ0) is 8.36. The van der Waals surface area contributed by atoms with Crippen LogP contribution in [0.1, 0.15) is 6.92 Å². The average Bonchev–Trinajstić information content (AvgIpc) is 1.86. The minimum atomic E-state index is -3.69. The van der Waals surface area contributed by atoms with E-state index >= 15 is 0 Å². The van der Waals surface area contributed by atoms with Crippen LogP contribution in [-0.2, 0) is 27.2 Å². The Bertz CT molecular complexity index is 159. The van der Waals surface area contributed by atoms with Gasteiger partial charge in [0.15, 0.2) is 0 Å². The number of halogens is 2. The molecule has 0 aliphatic heterocycles. The molecule has 0 spiro atoms. The minimum absolute atomic E-state index is 0. The number of alkyl halides is 2. The molecule has 1 atom stereocenters. The Morgan fingerprint density at radius 2 is 2.09 bits per heavy atom. The number of aliphatic carboxylic acids is 1. The van der Waals surface area contributed by atoms with Gasteiger partial charge in [0.1, 0.15) is 0 Å². The van der Waals surface area contributed by atoms with Gasteiger partial charge in [0, 0.05) is 28.3 Å². The molecule has 0 bridgehead atoms. The SMILES string of the molecule is C=CC(C)C(F)(F)C(=O)O.[Ag]. The van der Waals surface area contributed by atoms with E-state index in [-0.39, 0.29) is 22.4 Å². The fourth-order valence-corrected chi connectivity index (χ4v) is 0.343. The van der Waals surface area contributed by atoms with Crippen LogP contribution in [0.4, 0.5) is 8.78 Å². The monoisotopic (exact) mass is 257 g/mol. The molecule has 1 N–H and O–H groups in total. The predicted molar refractivity (Wildman–Crippen MR) is 31.9 cm³/mol. The van der Waals surface area contributed by atoms with Crippen molar-refractivity contribution in [3.8, 4) is 0 Å². The molecule has 0 aliphatic rings. The van der Waals surface area contributed by atoms with Gasteiger partial charge in [-0.2, -0.15) is 8.78 Å². The Kier molecular flexibility index (Phi) is 5.65. The standard InChI is InChI=1S/C6H8F2O2.Ag/c1-3-4(2)6(7,8)5(9)10;/h3-4H,1H2,2H3,(H,9,10);.